The molecule has 2 amide bonds. The highest BCUT2D eigenvalue weighted by Gasteiger charge is 2.26. The fourth-order valence-electron chi connectivity index (χ4n) is 4.68. The zero-order valence-electron chi connectivity index (χ0n) is 20.3. The molecule has 5 aromatic rings. The second kappa shape index (κ2) is 9.63. The van der Waals surface area contributed by atoms with Gasteiger partial charge in [0.15, 0.2) is 0 Å². The fraction of sp³-hybridized carbons (Fsp3) is 0.192. The molecule has 0 spiro atoms. The minimum absolute atomic E-state index is 0.111. The van der Waals surface area contributed by atoms with Gasteiger partial charge in [0.25, 0.3) is 11.8 Å². The van der Waals surface area contributed by atoms with Crippen LogP contribution in [0.2, 0.25) is 0 Å². The van der Waals surface area contributed by atoms with E-state index in [1.807, 2.05) is 24.3 Å². The molecule has 6 rings (SSSR count). The molecule has 12 heteroatoms. The summed E-state index contributed by atoms with van der Waals surface area (Å²) in [5.74, 6) is -0.777. The molecule has 38 heavy (non-hydrogen) atoms. The maximum absolute atomic E-state index is 13.0. The third-order valence-electron chi connectivity index (χ3n) is 6.52. The Morgan fingerprint density at radius 3 is 2.74 bits per heavy atom. The van der Waals surface area contributed by atoms with Crippen LogP contribution in [-0.2, 0) is 13.0 Å². The van der Waals surface area contributed by atoms with Crippen LogP contribution in [0.15, 0.2) is 59.7 Å². The number of benzene rings is 2. The van der Waals surface area contributed by atoms with Gasteiger partial charge in [-0.1, -0.05) is 18.2 Å². The van der Waals surface area contributed by atoms with Crippen molar-refractivity contribution in [2.24, 2.45) is 0 Å². The van der Waals surface area contributed by atoms with Crippen molar-refractivity contribution >= 4 is 33.2 Å². The lowest BCUT2D eigenvalue weighted by molar-refractivity contribution is 0.0931. The normalized spacial score (nSPS) is 14.4. The first-order valence-corrected chi connectivity index (χ1v) is 12.8. The lowest BCUT2D eigenvalue weighted by atomic mass is 10.1. The van der Waals surface area contributed by atoms with Crippen LogP contribution in [0.5, 0.6) is 0 Å². The van der Waals surface area contributed by atoms with Crippen molar-refractivity contribution in [2.75, 3.05) is 0 Å². The molecule has 3 aromatic heterocycles. The summed E-state index contributed by atoms with van der Waals surface area (Å²) in [6.45, 7) is 2.42. The molecule has 2 aromatic carbocycles. The highest BCUT2D eigenvalue weighted by molar-refractivity contribution is 7.19. The van der Waals surface area contributed by atoms with Crippen LogP contribution in [0, 0.1) is 6.92 Å². The van der Waals surface area contributed by atoms with E-state index >= 15 is 0 Å². The molecule has 0 saturated heterocycles. The van der Waals surface area contributed by atoms with Crippen molar-refractivity contribution in [3.8, 4) is 5.69 Å². The van der Waals surface area contributed by atoms with E-state index in [1.54, 1.807) is 17.4 Å². The average molecular weight is 527 g/mol. The summed E-state index contributed by atoms with van der Waals surface area (Å²) in [4.78, 5) is 46.9. The molecule has 1 atom stereocenters. The molecular formula is C26H22N8O3S. The van der Waals surface area contributed by atoms with Crippen molar-refractivity contribution in [3.05, 3.63) is 98.3 Å². The lowest BCUT2D eigenvalue weighted by Gasteiger charge is -2.14. The van der Waals surface area contributed by atoms with Gasteiger partial charge in [-0.05, 0) is 76.5 Å². The number of fused-ring (bicyclic) bond motifs is 2. The standard InChI is InChI=1S/C26H22N8O3S/c1-14-8-17-3-2-15(9-23(17)38-14)12-27-24(35)21-11-22(29-13-28-21)25(36)30-20-7-4-16-10-18(5-6-19(16)20)34-26(37)31-32-33-34/h2-3,5-6,8-11,13,20H,4,7,12H2,1H3,(H,27,35)(H,30,36)(H,31,33,37)/t20-/m0/s1. The van der Waals surface area contributed by atoms with Gasteiger partial charge in [0.1, 0.15) is 17.7 Å². The summed E-state index contributed by atoms with van der Waals surface area (Å²) in [6.07, 6.45) is 2.65. The van der Waals surface area contributed by atoms with Crippen LogP contribution in [0.3, 0.4) is 0 Å². The molecule has 0 radical (unpaired) electrons. The molecule has 1 aliphatic rings. The summed E-state index contributed by atoms with van der Waals surface area (Å²) in [5.41, 5.74) is 3.37. The van der Waals surface area contributed by atoms with E-state index in [2.05, 4.69) is 55.2 Å². The van der Waals surface area contributed by atoms with Gasteiger partial charge >= 0.3 is 5.69 Å². The Kier molecular flexibility index (Phi) is 6.00. The number of hydrogen-bond acceptors (Lipinski definition) is 8. The van der Waals surface area contributed by atoms with Gasteiger partial charge in [0.2, 0.25) is 0 Å². The molecule has 190 valence electrons. The second-order valence-electron chi connectivity index (χ2n) is 9.07. The number of nitrogens with zero attached hydrogens (tertiary/aromatic N) is 5. The number of carbonyl (C=O) groups excluding carboxylic acids is 2. The molecule has 0 aliphatic heterocycles. The first kappa shape index (κ1) is 23.7. The quantitative estimate of drug-likeness (QED) is 0.308. The van der Waals surface area contributed by atoms with Crippen LogP contribution in [0.4, 0.5) is 0 Å². The lowest BCUT2D eigenvalue weighted by Crippen LogP contribution is -2.29. The van der Waals surface area contributed by atoms with Gasteiger partial charge in [0, 0.05) is 22.2 Å². The Morgan fingerprint density at radius 2 is 1.92 bits per heavy atom. The van der Waals surface area contributed by atoms with Gasteiger partial charge in [0.05, 0.1) is 11.7 Å². The molecule has 1 aliphatic carbocycles. The summed E-state index contributed by atoms with van der Waals surface area (Å²) in [7, 11) is 0. The Bertz CT molecular complexity index is 1750. The van der Waals surface area contributed by atoms with Gasteiger partial charge in [-0.15, -0.1) is 11.3 Å². The second-order valence-corrected chi connectivity index (χ2v) is 10.4. The predicted octanol–water partition coefficient (Wildman–Crippen LogP) is 2.62. The topological polar surface area (TPSA) is 148 Å². The number of aryl methyl sites for hydroxylation is 2. The van der Waals surface area contributed by atoms with E-state index in [0.29, 0.717) is 18.7 Å². The molecule has 0 bridgehead atoms. The molecule has 0 saturated carbocycles. The van der Waals surface area contributed by atoms with E-state index in [-0.39, 0.29) is 23.3 Å². The Hall–Kier alpha value is -4.71. The number of carbonyl (C=O) groups is 2. The maximum atomic E-state index is 13.0. The number of aromatic nitrogens is 6. The molecule has 3 N–H and O–H groups in total. The zero-order valence-corrected chi connectivity index (χ0v) is 21.1. The number of H-pyrrole nitrogens is 1. The average Bonchev–Trinajstić information content (AvgIpc) is 3.64. The number of aromatic amines is 1. The van der Waals surface area contributed by atoms with Gasteiger partial charge in [-0.2, -0.15) is 4.68 Å². The number of thiophene rings is 1. The number of amides is 2. The predicted molar refractivity (Wildman–Crippen MR) is 140 cm³/mol. The van der Waals surface area contributed by atoms with Gasteiger partial charge in [-0.3, -0.25) is 9.59 Å². The third-order valence-corrected chi connectivity index (χ3v) is 7.53. The van der Waals surface area contributed by atoms with E-state index in [0.717, 1.165) is 23.1 Å². The first-order valence-electron chi connectivity index (χ1n) is 12.0. The first-order chi connectivity index (χ1) is 18.4. The minimum Gasteiger partial charge on any atom is -0.347 e. The fourth-order valence-corrected chi connectivity index (χ4v) is 5.67. The van der Waals surface area contributed by atoms with E-state index in [9.17, 15) is 14.4 Å². The summed E-state index contributed by atoms with van der Waals surface area (Å²) >= 11 is 1.71. The van der Waals surface area contributed by atoms with Gasteiger partial charge in [-0.25, -0.2) is 19.9 Å². The van der Waals surface area contributed by atoms with Crippen LogP contribution in [-0.4, -0.2) is 42.0 Å². The highest BCUT2D eigenvalue weighted by atomic mass is 32.1. The van der Waals surface area contributed by atoms with Crippen LogP contribution >= 0.6 is 11.3 Å². The molecule has 11 nitrogen and oxygen atoms in total. The van der Waals surface area contributed by atoms with E-state index < -0.39 is 11.6 Å². The molecular weight excluding hydrogens is 504 g/mol. The number of nitrogens with one attached hydrogen (secondary N) is 3. The van der Waals surface area contributed by atoms with Crippen molar-refractivity contribution in [1.29, 1.82) is 0 Å². The highest BCUT2D eigenvalue weighted by Crippen LogP contribution is 2.32. The van der Waals surface area contributed by atoms with Crippen molar-refractivity contribution in [3.63, 3.8) is 0 Å². The van der Waals surface area contributed by atoms with Crippen molar-refractivity contribution in [2.45, 2.75) is 32.4 Å². The van der Waals surface area contributed by atoms with Crippen molar-refractivity contribution in [1.82, 2.24) is 40.8 Å². The minimum atomic E-state index is -0.421. The van der Waals surface area contributed by atoms with Crippen LogP contribution < -0.4 is 16.3 Å². The Labute approximate surface area is 219 Å². The third kappa shape index (κ3) is 4.57. The largest absolute Gasteiger partial charge is 0.365 e. The molecule has 3 heterocycles. The van der Waals surface area contributed by atoms with Gasteiger partial charge < -0.3 is 10.6 Å². The van der Waals surface area contributed by atoms with Crippen molar-refractivity contribution < 1.29 is 9.59 Å². The summed E-state index contributed by atoms with van der Waals surface area (Å²) in [5, 5.41) is 16.6. The molecule has 0 unspecified atom stereocenters. The van der Waals surface area contributed by atoms with Crippen LogP contribution in [0.1, 0.15) is 55.0 Å². The summed E-state index contributed by atoms with van der Waals surface area (Å²) in [6, 6.07) is 14.9. The maximum Gasteiger partial charge on any atom is 0.365 e. The number of rotatable bonds is 6. The monoisotopic (exact) mass is 526 g/mol. The molecule has 0 fully saturated rings. The van der Waals surface area contributed by atoms with Crippen LogP contribution in [0.25, 0.3) is 15.8 Å². The van der Waals surface area contributed by atoms with E-state index in [1.165, 1.54) is 32.0 Å². The number of tetrazole rings is 1. The summed E-state index contributed by atoms with van der Waals surface area (Å²) < 4.78 is 2.35. The Morgan fingerprint density at radius 1 is 1.08 bits per heavy atom. The number of hydrogen-bond donors (Lipinski definition) is 3. The van der Waals surface area contributed by atoms with E-state index in [4.69, 9.17) is 0 Å². The SMILES string of the molecule is Cc1cc2ccc(CNC(=O)c3cc(C(=O)N[C@H]4CCc5cc(-n6nn[nH]c6=O)ccc54)ncn3)cc2s1. The smallest absolute Gasteiger partial charge is 0.347 e. The zero-order chi connectivity index (χ0) is 26.2. The Balaban J connectivity index is 1.12.